The highest BCUT2D eigenvalue weighted by Crippen LogP contribution is 2.34. The van der Waals surface area contributed by atoms with Crippen LogP contribution in [0.4, 0.5) is 0 Å². The summed E-state index contributed by atoms with van der Waals surface area (Å²) in [6.45, 7) is 2.28. The van der Waals surface area contributed by atoms with Gasteiger partial charge in [-0.25, -0.2) is 0 Å². The number of hydrogen-bond donors (Lipinski definition) is 0. The second-order valence-electron chi connectivity index (χ2n) is 3.59. The smallest absolute Gasteiger partial charge is 0.0270 e. The number of pyridine rings is 1. The third kappa shape index (κ3) is 1.15. The van der Waals surface area contributed by atoms with Gasteiger partial charge in [0.1, 0.15) is 0 Å². The monoisotopic (exact) mass is 159 g/mol. The number of aromatic nitrogens is 1. The second kappa shape index (κ2) is 2.74. The summed E-state index contributed by atoms with van der Waals surface area (Å²) in [6.07, 6.45) is 10.7. The second-order valence-corrected chi connectivity index (χ2v) is 3.59. The minimum atomic E-state index is 0.267. The summed E-state index contributed by atoms with van der Waals surface area (Å²) in [4.78, 5) is 4.02. The van der Waals surface area contributed by atoms with Crippen LogP contribution < -0.4 is 0 Å². The molecule has 1 aliphatic carbocycles. The molecule has 1 aliphatic rings. The summed E-state index contributed by atoms with van der Waals surface area (Å²) in [5.74, 6) is 0. The average Bonchev–Trinajstić information content (AvgIpc) is 2.55. The van der Waals surface area contributed by atoms with Crippen molar-refractivity contribution >= 4 is 0 Å². The van der Waals surface area contributed by atoms with Crippen LogP contribution in [0.3, 0.4) is 0 Å². The molecule has 0 amide bonds. The lowest BCUT2D eigenvalue weighted by molar-refractivity contribution is 0.579. The molecule has 1 heterocycles. The van der Waals surface area contributed by atoms with Crippen molar-refractivity contribution in [2.75, 3.05) is 0 Å². The zero-order valence-electron chi connectivity index (χ0n) is 7.33. The van der Waals surface area contributed by atoms with Crippen molar-refractivity contribution in [3.8, 4) is 0 Å². The van der Waals surface area contributed by atoms with Gasteiger partial charge in [-0.15, -0.1) is 0 Å². The fourth-order valence-electron chi connectivity index (χ4n) is 1.78. The molecule has 12 heavy (non-hydrogen) atoms. The van der Waals surface area contributed by atoms with E-state index in [1.807, 2.05) is 12.4 Å². The summed E-state index contributed by atoms with van der Waals surface area (Å²) in [6, 6.07) is 4.21. The zero-order chi connectivity index (χ0) is 8.44. The molecule has 62 valence electrons. The fourth-order valence-corrected chi connectivity index (χ4v) is 1.78. The Morgan fingerprint density at radius 2 is 2.08 bits per heavy atom. The maximum atomic E-state index is 4.02. The van der Waals surface area contributed by atoms with Gasteiger partial charge in [0.15, 0.2) is 0 Å². The molecule has 0 aromatic carbocycles. The van der Waals surface area contributed by atoms with E-state index >= 15 is 0 Å². The topological polar surface area (TPSA) is 12.9 Å². The fraction of sp³-hybridized carbons (Fsp3) is 0.364. The highest BCUT2D eigenvalue weighted by atomic mass is 14.6. The molecule has 0 bridgehead atoms. The largest absolute Gasteiger partial charge is 0.265 e. The first-order valence-corrected chi connectivity index (χ1v) is 4.39. The third-order valence-electron chi connectivity index (χ3n) is 2.66. The van der Waals surface area contributed by atoms with Crippen molar-refractivity contribution < 1.29 is 0 Å². The van der Waals surface area contributed by atoms with Crippen LogP contribution >= 0.6 is 0 Å². The molecule has 0 fully saturated rings. The van der Waals surface area contributed by atoms with E-state index < -0.39 is 0 Å². The van der Waals surface area contributed by atoms with Crippen LogP contribution in [0, 0.1) is 0 Å². The molecule has 0 radical (unpaired) electrons. The first kappa shape index (κ1) is 7.53. The van der Waals surface area contributed by atoms with Gasteiger partial charge in [-0.1, -0.05) is 19.1 Å². The Bertz CT molecular complexity index is 289. The van der Waals surface area contributed by atoms with Crippen LogP contribution in [0.15, 0.2) is 36.7 Å². The number of nitrogens with zero attached hydrogens (tertiary/aromatic N) is 1. The van der Waals surface area contributed by atoms with Crippen LogP contribution in [-0.4, -0.2) is 4.98 Å². The first-order chi connectivity index (χ1) is 5.81. The Morgan fingerprint density at radius 1 is 1.33 bits per heavy atom. The number of allylic oxidation sites excluding steroid dienone is 2. The van der Waals surface area contributed by atoms with Crippen LogP contribution in [0.2, 0.25) is 0 Å². The molecule has 1 heteroatoms. The van der Waals surface area contributed by atoms with Crippen molar-refractivity contribution in [2.45, 2.75) is 25.2 Å². The molecule has 0 saturated heterocycles. The van der Waals surface area contributed by atoms with Gasteiger partial charge in [0.05, 0.1) is 0 Å². The highest BCUT2D eigenvalue weighted by molar-refractivity contribution is 5.30. The van der Waals surface area contributed by atoms with Gasteiger partial charge < -0.3 is 0 Å². The first-order valence-electron chi connectivity index (χ1n) is 4.39. The molecule has 0 aliphatic heterocycles. The summed E-state index contributed by atoms with van der Waals surface area (Å²) in [5.41, 5.74) is 1.65. The van der Waals surface area contributed by atoms with Crippen LogP contribution in [0.1, 0.15) is 25.3 Å². The normalized spacial score (nSPS) is 27.8. The van der Waals surface area contributed by atoms with E-state index in [2.05, 4.69) is 36.2 Å². The standard InChI is InChI=1S/C11H13N/c1-11(6-2-3-7-11)10-4-8-12-9-5-10/h2,4-6,8-9H,3,7H2,1H3/t11-/m0/s1. The van der Waals surface area contributed by atoms with Gasteiger partial charge in [0, 0.05) is 17.8 Å². The van der Waals surface area contributed by atoms with E-state index in [9.17, 15) is 0 Å². The predicted octanol–water partition coefficient (Wildman–Crippen LogP) is 2.69. The molecule has 0 N–H and O–H groups in total. The van der Waals surface area contributed by atoms with Gasteiger partial charge in [0.25, 0.3) is 0 Å². The Hall–Kier alpha value is -1.11. The van der Waals surface area contributed by atoms with E-state index in [1.54, 1.807) is 0 Å². The van der Waals surface area contributed by atoms with E-state index in [0.717, 1.165) is 0 Å². The zero-order valence-corrected chi connectivity index (χ0v) is 7.33. The van der Waals surface area contributed by atoms with Crippen molar-refractivity contribution in [1.82, 2.24) is 4.98 Å². The molecule has 1 aromatic heterocycles. The van der Waals surface area contributed by atoms with E-state index in [0.29, 0.717) is 0 Å². The van der Waals surface area contributed by atoms with Gasteiger partial charge >= 0.3 is 0 Å². The third-order valence-corrected chi connectivity index (χ3v) is 2.66. The van der Waals surface area contributed by atoms with Crippen LogP contribution in [-0.2, 0) is 5.41 Å². The van der Waals surface area contributed by atoms with Crippen molar-refractivity contribution in [3.63, 3.8) is 0 Å². The van der Waals surface area contributed by atoms with Crippen molar-refractivity contribution in [1.29, 1.82) is 0 Å². The van der Waals surface area contributed by atoms with Gasteiger partial charge in [0.2, 0.25) is 0 Å². The molecule has 1 nitrogen and oxygen atoms in total. The minimum absolute atomic E-state index is 0.267. The number of rotatable bonds is 1. The summed E-state index contributed by atoms with van der Waals surface area (Å²) >= 11 is 0. The van der Waals surface area contributed by atoms with Crippen LogP contribution in [0.5, 0.6) is 0 Å². The quantitative estimate of drug-likeness (QED) is 0.574. The lowest BCUT2D eigenvalue weighted by Crippen LogP contribution is -2.14. The molecule has 1 atom stereocenters. The van der Waals surface area contributed by atoms with E-state index in [-0.39, 0.29) is 5.41 Å². The summed E-state index contributed by atoms with van der Waals surface area (Å²) in [5, 5.41) is 0. The lowest BCUT2D eigenvalue weighted by Gasteiger charge is -2.21. The predicted molar refractivity (Wildman–Crippen MR) is 50.0 cm³/mol. The molecule has 0 spiro atoms. The molecule has 0 unspecified atom stereocenters. The summed E-state index contributed by atoms with van der Waals surface area (Å²) < 4.78 is 0. The van der Waals surface area contributed by atoms with Gasteiger partial charge in [-0.2, -0.15) is 0 Å². The van der Waals surface area contributed by atoms with E-state index in [1.165, 1.54) is 18.4 Å². The van der Waals surface area contributed by atoms with Crippen molar-refractivity contribution in [2.24, 2.45) is 0 Å². The molecular formula is C11H13N. The van der Waals surface area contributed by atoms with E-state index in [4.69, 9.17) is 0 Å². The van der Waals surface area contributed by atoms with Crippen LogP contribution in [0.25, 0.3) is 0 Å². The van der Waals surface area contributed by atoms with Gasteiger partial charge in [-0.3, -0.25) is 4.98 Å². The SMILES string of the molecule is C[C@]1(c2ccncc2)C=CCC1. The summed E-state index contributed by atoms with van der Waals surface area (Å²) in [7, 11) is 0. The van der Waals surface area contributed by atoms with Crippen molar-refractivity contribution in [3.05, 3.63) is 42.2 Å². The molecule has 1 aromatic rings. The maximum Gasteiger partial charge on any atom is 0.0270 e. The number of hydrogen-bond acceptors (Lipinski definition) is 1. The Labute approximate surface area is 73.1 Å². The Kier molecular flexibility index (Phi) is 1.72. The maximum absolute atomic E-state index is 4.02. The average molecular weight is 159 g/mol. The Balaban J connectivity index is 2.36. The van der Waals surface area contributed by atoms with Gasteiger partial charge in [-0.05, 0) is 30.5 Å². The minimum Gasteiger partial charge on any atom is -0.265 e. The highest BCUT2D eigenvalue weighted by Gasteiger charge is 2.25. The molecule has 2 rings (SSSR count). The molecular weight excluding hydrogens is 146 g/mol. The Morgan fingerprint density at radius 3 is 2.67 bits per heavy atom. The molecule has 0 saturated carbocycles. The lowest BCUT2D eigenvalue weighted by atomic mass is 9.83.